The lowest BCUT2D eigenvalue weighted by Crippen LogP contribution is -2.14. The zero-order chi connectivity index (χ0) is 26.3. The van der Waals surface area contributed by atoms with Gasteiger partial charge in [-0.15, -0.1) is 0 Å². The second-order valence-electron chi connectivity index (χ2n) is 8.42. The smallest absolute Gasteiger partial charge is 0.261 e. The zero-order valence-corrected chi connectivity index (χ0v) is 21.4. The van der Waals surface area contributed by atoms with Crippen LogP contribution in [0.15, 0.2) is 102 Å². The quantitative estimate of drug-likeness (QED) is 0.259. The molecule has 0 spiro atoms. The van der Waals surface area contributed by atoms with E-state index in [0.29, 0.717) is 35.9 Å². The molecule has 8 heteroatoms. The number of benzene rings is 4. The third kappa shape index (κ3) is 7.11. The monoisotopic (exact) mass is 516 g/mol. The number of amides is 1. The highest BCUT2D eigenvalue weighted by Gasteiger charge is 2.15. The molecule has 0 saturated carbocycles. The minimum Gasteiger partial charge on any atom is -0.490 e. The molecular weight excluding hydrogens is 488 g/mol. The van der Waals surface area contributed by atoms with Crippen LogP contribution < -0.4 is 19.5 Å². The van der Waals surface area contributed by atoms with Crippen molar-refractivity contribution in [3.8, 4) is 11.5 Å². The third-order valence-electron chi connectivity index (χ3n) is 5.64. The number of hydrogen-bond acceptors (Lipinski definition) is 5. The minimum atomic E-state index is -3.76. The summed E-state index contributed by atoms with van der Waals surface area (Å²) in [4.78, 5) is 12.8. The molecule has 0 aromatic heterocycles. The summed E-state index contributed by atoms with van der Waals surface area (Å²) in [5.41, 5.74) is 3.45. The summed E-state index contributed by atoms with van der Waals surface area (Å²) in [5, 5.41) is 2.78. The number of rotatable bonds is 10. The van der Waals surface area contributed by atoms with E-state index in [1.54, 1.807) is 48.5 Å². The number of carbonyl (C=O) groups excluding carboxylic acids is 1. The van der Waals surface area contributed by atoms with Gasteiger partial charge in [-0.05, 0) is 91.7 Å². The molecule has 0 bridgehead atoms. The van der Waals surface area contributed by atoms with Gasteiger partial charge in [-0.1, -0.05) is 30.3 Å². The SMILES string of the molecule is Cc1ccc(NS(=O)(=O)c2ccc(NC(=O)c3cccc(OCCOc4ccccc4)c3)cc2)cc1C. The average molecular weight is 517 g/mol. The van der Waals surface area contributed by atoms with Crippen LogP contribution in [0.2, 0.25) is 0 Å². The van der Waals surface area contributed by atoms with Crippen LogP contribution >= 0.6 is 0 Å². The molecule has 0 aliphatic carbocycles. The highest BCUT2D eigenvalue weighted by Crippen LogP contribution is 2.21. The Morgan fingerprint density at radius 2 is 1.35 bits per heavy atom. The molecule has 2 N–H and O–H groups in total. The Kier molecular flexibility index (Phi) is 8.10. The van der Waals surface area contributed by atoms with Crippen molar-refractivity contribution >= 4 is 27.3 Å². The van der Waals surface area contributed by atoms with Crippen molar-refractivity contribution in [2.45, 2.75) is 18.7 Å². The second kappa shape index (κ2) is 11.6. The van der Waals surface area contributed by atoms with Crippen molar-refractivity contribution in [2.24, 2.45) is 0 Å². The fraction of sp³-hybridized carbons (Fsp3) is 0.138. The molecule has 0 heterocycles. The highest BCUT2D eigenvalue weighted by molar-refractivity contribution is 7.92. The van der Waals surface area contributed by atoms with E-state index < -0.39 is 10.0 Å². The summed E-state index contributed by atoms with van der Waals surface area (Å²) in [7, 11) is -3.76. The van der Waals surface area contributed by atoms with Crippen molar-refractivity contribution in [1.82, 2.24) is 0 Å². The molecule has 0 saturated heterocycles. The van der Waals surface area contributed by atoms with E-state index in [4.69, 9.17) is 9.47 Å². The molecule has 0 atom stereocenters. The number of hydrogen-bond donors (Lipinski definition) is 2. The van der Waals surface area contributed by atoms with Crippen molar-refractivity contribution in [1.29, 1.82) is 0 Å². The van der Waals surface area contributed by atoms with Gasteiger partial charge in [0, 0.05) is 16.9 Å². The molecule has 0 aliphatic rings. The van der Waals surface area contributed by atoms with Crippen molar-refractivity contribution < 1.29 is 22.7 Å². The summed E-state index contributed by atoms with van der Waals surface area (Å²) in [6.45, 7) is 4.58. The summed E-state index contributed by atoms with van der Waals surface area (Å²) in [6.07, 6.45) is 0. The standard InChI is InChI=1S/C29H28N2O5S/c1-21-11-12-25(19-22(21)2)31-37(33,34)28-15-13-24(14-16-28)30-29(32)23-7-6-10-27(20-23)36-18-17-35-26-8-4-3-5-9-26/h3-16,19-20,31H,17-18H2,1-2H3,(H,30,32). The van der Waals surface area contributed by atoms with E-state index in [-0.39, 0.29) is 10.8 Å². The van der Waals surface area contributed by atoms with Gasteiger partial charge >= 0.3 is 0 Å². The van der Waals surface area contributed by atoms with Gasteiger partial charge in [0.15, 0.2) is 0 Å². The van der Waals surface area contributed by atoms with E-state index in [9.17, 15) is 13.2 Å². The Morgan fingerprint density at radius 1 is 0.703 bits per heavy atom. The Hall–Kier alpha value is -4.30. The second-order valence-corrected chi connectivity index (χ2v) is 10.1. The molecule has 0 unspecified atom stereocenters. The van der Waals surface area contributed by atoms with Crippen LogP contribution in [0, 0.1) is 13.8 Å². The normalized spacial score (nSPS) is 11.0. The predicted molar refractivity (Wildman–Crippen MR) is 145 cm³/mol. The zero-order valence-electron chi connectivity index (χ0n) is 20.6. The molecule has 4 rings (SSSR count). The van der Waals surface area contributed by atoms with Crippen LogP contribution in [-0.2, 0) is 10.0 Å². The number of carbonyl (C=O) groups is 1. The van der Waals surface area contributed by atoms with Gasteiger partial charge in [0.2, 0.25) is 0 Å². The lowest BCUT2D eigenvalue weighted by Gasteiger charge is -2.11. The molecule has 37 heavy (non-hydrogen) atoms. The van der Waals surface area contributed by atoms with Crippen molar-refractivity contribution in [2.75, 3.05) is 23.3 Å². The van der Waals surface area contributed by atoms with Crippen molar-refractivity contribution in [3.05, 3.63) is 114 Å². The number of para-hydroxylation sites is 1. The third-order valence-corrected chi connectivity index (χ3v) is 7.04. The first-order valence-corrected chi connectivity index (χ1v) is 13.2. The highest BCUT2D eigenvalue weighted by atomic mass is 32.2. The van der Waals surface area contributed by atoms with Crippen LogP contribution in [0.25, 0.3) is 0 Å². The van der Waals surface area contributed by atoms with Gasteiger partial charge in [-0.3, -0.25) is 9.52 Å². The van der Waals surface area contributed by atoms with E-state index in [2.05, 4.69) is 10.0 Å². The van der Waals surface area contributed by atoms with Crippen LogP contribution in [0.1, 0.15) is 21.5 Å². The van der Waals surface area contributed by atoms with Gasteiger partial charge in [-0.2, -0.15) is 0 Å². The Balaban J connectivity index is 1.33. The number of nitrogens with one attached hydrogen (secondary N) is 2. The molecule has 4 aromatic rings. The molecule has 1 amide bonds. The van der Waals surface area contributed by atoms with Crippen LogP contribution in [0.5, 0.6) is 11.5 Å². The predicted octanol–water partition coefficient (Wildman–Crippen LogP) is 5.81. The molecule has 7 nitrogen and oxygen atoms in total. The number of anilines is 2. The number of sulfonamides is 1. The van der Waals surface area contributed by atoms with Crippen LogP contribution in [0.3, 0.4) is 0 Å². The number of aryl methyl sites for hydroxylation is 2. The van der Waals surface area contributed by atoms with E-state index in [1.807, 2.05) is 50.2 Å². The fourth-order valence-electron chi connectivity index (χ4n) is 3.50. The van der Waals surface area contributed by atoms with E-state index in [1.165, 1.54) is 12.1 Å². The number of ether oxygens (including phenoxy) is 2. The average Bonchev–Trinajstić information content (AvgIpc) is 2.90. The largest absolute Gasteiger partial charge is 0.490 e. The maximum atomic E-state index is 12.8. The summed E-state index contributed by atoms with van der Waals surface area (Å²) < 4.78 is 39.4. The van der Waals surface area contributed by atoms with Gasteiger partial charge in [0.25, 0.3) is 15.9 Å². The lowest BCUT2D eigenvalue weighted by molar-refractivity contribution is 0.102. The Labute approximate surface area is 217 Å². The maximum absolute atomic E-state index is 12.8. The van der Waals surface area contributed by atoms with E-state index >= 15 is 0 Å². The summed E-state index contributed by atoms with van der Waals surface area (Å²) in [6, 6.07) is 27.6. The first-order valence-electron chi connectivity index (χ1n) is 11.7. The molecular formula is C29H28N2O5S. The fourth-order valence-corrected chi connectivity index (χ4v) is 4.55. The van der Waals surface area contributed by atoms with Crippen molar-refractivity contribution in [3.63, 3.8) is 0 Å². The lowest BCUT2D eigenvalue weighted by atomic mass is 10.1. The Bertz CT molecular complexity index is 1470. The van der Waals surface area contributed by atoms with Gasteiger partial charge in [0.05, 0.1) is 4.90 Å². The molecule has 0 fully saturated rings. The summed E-state index contributed by atoms with van der Waals surface area (Å²) in [5.74, 6) is 0.970. The summed E-state index contributed by atoms with van der Waals surface area (Å²) >= 11 is 0. The molecule has 190 valence electrons. The maximum Gasteiger partial charge on any atom is 0.261 e. The van der Waals surface area contributed by atoms with Crippen LogP contribution in [0.4, 0.5) is 11.4 Å². The van der Waals surface area contributed by atoms with Crippen LogP contribution in [-0.4, -0.2) is 27.5 Å². The molecule has 4 aromatic carbocycles. The van der Waals surface area contributed by atoms with Gasteiger partial charge in [-0.25, -0.2) is 8.42 Å². The topological polar surface area (TPSA) is 93.7 Å². The van der Waals surface area contributed by atoms with Gasteiger partial charge in [0.1, 0.15) is 24.7 Å². The molecule has 0 radical (unpaired) electrons. The first-order chi connectivity index (χ1) is 17.8. The minimum absolute atomic E-state index is 0.0943. The molecule has 0 aliphatic heterocycles. The van der Waals surface area contributed by atoms with E-state index in [0.717, 1.165) is 16.9 Å². The van der Waals surface area contributed by atoms with Gasteiger partial charge < -0.3 is 14.8 Å². The first kappa shape index (κ1) is 25.8. The Morgan fingerprint density at radius 3 is 2.05 bits per heavy atom.